The molecule has 102 valence electrons. The van der Waals surface area contributed by atoms with E-state index in [9.17, 15) is 0 Å². The summed E-state index contributed by atoms with van der Waals surface area (Å²) in [6.45, 7) is 0.701. The van der Waals surface area contributed by atoms with E-state index >= 15 is 0 Å². The van der Waals surface area contributed by atoms with E-state index in [0.717, 1.165) is 33.5 Å². The van der Waals surface area contributed by atoms with Crippen molar-refractivity contribution in [2.45, 2.75) is 6.42 Å². The summed E-state index contributed by atoms with van der Waals surface area (Å²) >= 11 is 6.44. The van der Waals surface area contributed by atoms with Crippen LogP contribution in [0.1, 0.15) is 5.56 Å². The zero-order chi connectivity index (χ0) is 13.9. The number of hydrogen-bond acceptors (Lipinski definition) is 2. The standard InChI is InChI=1S/C16H15ClN2O/c1-20-8-7-11-5-6-13(15(17)9-11)12-3-2-4-16-14(12)10-18-19-16/h2-6,9-10H,7-8H2,1H3,(H,18,19). The van der Waals surface area contributed by atoms with Crippen molar-refractivity contribution in [1.82, 2.24) is 10.2 Å². The van der Waals surface area contributed by atoms with Gasteiger partial charge in [-0.25, -0.2) is 0 Å². The summed E-state index contributed by atoms with van der Waals surface area (Å²) in [5, 5.41) is 8.91. The first-order chi connectivity index (χ1) is 9.79. The molecule has 0 fully saturated rings. The third-order valence-electron chi connectivity index (χ3n) is 3.40. The summed E-state index contributed by atoms with van der Waals surface area (Å²) < 4.78 is 5.09. The van der Waals surface area contributed by atoms with Gasteiger partial charge in [0.1, 0.15) is 0 Å². The van der Waals surface area contributed by atoms with Gasteiger partial charge in [-0.2, -0.15) is 5.10 Å². The van der Waals surface area contributed by atoms with Gasteiger partial charge in [0.15, 0.2) is 0 Å². The molecule has 0 saturated carbocycles. The molecule has 2 aromatic carbocycles. The van der Waals surface area contributed by atoms with Gasteiger partial charge < -0.3 is 4.74 Å². The molecule has 1 aromatic heterocycles. The SMILES string of the molecule is COCCc1ccc(-c2cccc3[nH]ncc23)c(Cl)c1. The lowest BCUT2D eigenvalue weighted by molar-refractivity contribution is 0.202. The maximum absolute atomic E-state index is 6.44. The number of aromatic amines is 1. The van der Waals surface area contributed by atoms with Crippen LogP contribution in [0.5, 0.6) is 0 Å². The van der Waals surface area contributed by atoms with E-state index in [0.29, 0.717) is 6.61 Å². The molecule has 1 N–H and O–H groups in total. The van der Waals surface area contributed by atoms with Gasteiger partial charge in [0.25, 0.3) is 0 Å². The molecule has 0 spiro atoms. The minimum Gasteiger partial charge on any atom is -0.384 e. The smallest absolute Gasteiger partial charge is 0.0656 e. The summed E-state index contributed by atoms with van der Waals surface area (Å²) in [6, 6.07) is 12.2. The van der Waals surface area contributed by atoms with Crippen LogP contribution in [0.3, 0.4) is 0 Å². The maximum Gasteiger partial charge on any atom is 0.0656 e. The molecule has 0 aliphatic carbocycles. The largest absolute Gasteiger partial charge is 0.384 e. The number of benzene rings is 2. The molecule has 3 nitrogen and oxygen atoms in total. The first-order valence-corrected chi connectivity index (χ1v) is 6.87. The number of methoxy groups -OCH3 is 1. The second-order valence-corrected chi connectivity index (χ2v) is 5.10. The first kappa shape index (κ1) is 13.2. The Labute approximate surface area is 122 Å². The van der Waals surface area contributed by atoms with Crippen LogP contribution in [0, 0.1) is 0 Å². The Morgan fingerprint density at radius 1 is 1.20 bits per heavy atom. The molecule has 0 atom stereocenters. The van der Waals surface area contributed by atoms with E-state index in [-0.39, 0.29) is 0 Å². The van der Waals surface area contributed by atoms with Gasteiger partial charge in [-0.15, -0.1) is 0 Å². The van der Waals surface area contributed by atoms with E-state index in [1.165, 1.54) is 5.56 Å². The number of halogens is 1. The lowest BCUT2D eigenvalue weighted by atomic mass is 10.00. The predicted octanol–water partition coefficient (Wildman–Crippen LogP) is 4.07. The van der Waals surface area contributed by atoms with Gasteiger partial charge in [0, 0.05) is 23.1 Å². The van der Waals surface area contributed by atoms with Crippen LogP contribution in [0.2, 0.25) is 5.02 Å². The normalized spacial score (nSPS) is 11.1. The number of nitrogens with one attached hydrogen (secondary N) is 1. The Balaban J connectivity index is 2.04. The molecule has 1 heterocycles. The van der Waals surface area contributed by atoms with Gasteiger partial charge in [-0.1, -0.05) is 35.9 Å². The fourth-order valence-electron chi connectivity index (χ4n) is 2.36. The van der Waals surface area contributed by atoms with Crippen LogP contribution in [0.15, 0.2) is 42.6 Å². The first-order valence-electron chi connectivity index (χ1n) is 6.49. The van der Waals surface area contributed by atoms with E-state index in [2.05, 4.69) is 28.4 Å². The number of rotatable bonds is 4. The average Bonchev–Trinajstić information content (AvgIpc) is 2.94. The molecule has 3 aromatic rings. The third-order valence-corrected chi connectivity index (χ3v) is 3.72. The number of aromatic nitrogens is 2. The molecule has 20 heavy (non-hydrogen) atoms. The Morgan fingerprint density at radius 2 is 2.10 bits per heavy atom. The second kappa shape index (κ2) is 5.65. The quantitative estimate of drug-likeness (QED) is 0.785. The molecule has 4 heteroatoms. The van der Waals surface area contributed by atoms with Crippen LogP contribution in [-0.4, -0.2) is 23.9 Å². The van der Waals surface area contributed by atoms with Crippen molar-refractivity contribution >= 4 is 22.5 Å². The van der Waals surface area contributed by atoms with Crippen molar-refractivity contribution in [3.63, 3.8) is 0 Å². The monoisotopic (exact) mass is 286 g/mol. The molecular formula is C16H15ClN2O. The molecule has 0 bridgehead atoms. The van der Waals surface area contributed by atoms with Crippen molar-refractivity contribution in [2.75, 3.05) is 13.7 Å². The molecule has 0 unspecified atom stereocenters. The van der Waals surface area contributed by atoms with E-state index < -0.39 is 0 Å². The number of fused-ring (bicyclic) bond motifs is 1. The minimum atomic E-state index is 0.701. The lowest BCUT2D eigenvalue weighted by Crippen LogP contribution is -1.94. The van der Waals surface area contributed by atoms with Crippen molar-refractivity contribution in [3.05, 3.63) is 53.2 Å². The molecule has 0 aliphatic heterocycles. The molecule has 0 radical (unpaired) electrons. The Hall–Kier alpha value is -1.84. The van der Waals surface area contributed by atoms with Crippen molar-refractivity contribution in [2.24, 2.45) is 0 Å². The molecule has 0 saturated heterocycles. The Kier molecular flexibility index (Phi) is 3.72. The lowest BCUT2D eigenvalue weighted by Gasteiger charge is -2.08. The zero-order valence-corrected chi connectivity index (χ0v) is 11.9. The zero-order valence-electron chi connectivity index (χ0n) is 11.2. The topological polar surface area (TPSA) is 37.9 Å². The third kappa shape index (κ3) is 2.42. The van der Waals surface area contributed by atoms with Crippen LogP contribution in [0.4, 0.5) is 0 Å². The highest BCUT2D eigenvalue weighted by Gasteiger charge is 2.09. The van der Waals surface area contributed by atoms with E-state index in [1.54, 1.807) is 7.11 Å². The predicted molar refractivity (Wildman–Crippen MR) is 82.1 cm³/mol. The highest BCUT2D eigenvalue weighted by Crippen LogP contribution is 2.33. The summed E-state index contributed by atoms with van der Waals surface area (Å²) in [5.41, 5.74) is 4.32. The maximum atomic E-state index is 6.44. The number of hydrogen-bond donors (Lipinski definition) is 1. The van der Waals surface area contributed by atoms with E-state index in [4.69, 9.17) is 16.3 Å². The van der Waals surface area contributed by atoms with Gasteiger partial charge in [-0.05, 0) is 29.7 Å². The Bertz CT molecular complexity index is 736. The summed E-state index contributed by atoms with van der Waals surface area (Å²) in [7, 11) is 1.70. The molecular weight excluding hydrogens is 272 g/mol. The Morgan fingerprint density at radius 3 is 2.90 bits per heavy atom. The fraction of sp³-hybridized carbons (Fsp3) is 0.188. The molecule has 3 rings (SSSR count). The van der Waals surface area contributed by atoms with Crippen LogP contribution in [0.25, 0.3) is 22.0 Å². The highest BCUT2D eigenvalue weighted by molar-refractivity contribution is 6.33. The van der Waals surface area contributed by atoms with Crippen LogP contribution >= 0.6 is 11.6 Å². The number of ether oxygens (including phenoxy) is 1. The van der Waals surface area contributed by atoms with Crippen molar-refractivity contribution in [1.29, 1.82) is 0 Å². The highest BCUT2D eigenvalue weighted by atomic mass is 35.5. The minimum absolute atomic E-state index is 0.701. The van der Waals surface area contributed by atoms with Gasteiger partial charge >= 0.3 is 0 Å². The van der Waals surface area contributed by atoms with Gasteiger partial charge in [0.2, 0.25) is 0 Å². The van der Waals surface area contributed by atoms with Crippen LogP contribution in [-0.2, 0) is 11.2 Å². The van der Waals surface area contributed by atoms with E-state index in [1.807, 2.05) is 24.4 Å². The van der Waals surface area contributed by atoms with Crippen LogP contribution < -0.4 is 0 Å². The van der Waals surface area contributed by atoms with Crippen molar-refractivity contribution in [3.8, 4) is 11.1 Å². The number of H-pyrrole nitrogens is 1. The summed E-state index contributed by atoms with van der Waals surface area (Å²) in [5.74, 6) is 0. The summed E-state index contributed by atoms with van der Waals surface area (Å²) in [6.07, 6.45) is 2.70. The average molecular weight is 287 g/mol. The van der Waals surface area contributed by atoms with Crippen molar-refractivity contribution < 1.29 is 4.74 Å². The van der Waals surface area contributed by atoms with Gasteiger partial charge in [-0.3, -0.25) is 5.10 Å². The second-order valence-electron chi connectivity index (χ2n) is 4.69. The molecule has 0 aliphatic rings. The van der Waals surface area contributed by atoms with Gasteiger partial charge in [0.05, 0.1) is 18.3 Å². The summed E-state index contributed by atoms with van der Waals surface area (Å²) in [4.78, 5) is 0. The fourth-order valence-corrected chi connectivity index (χ4v) is 2.66. The number of nitrogens with zero attached hydrogens (tertiary/aromatic N) is 1. The molecule has 0 amide bonds.